The lowest BCUT2D eigenvalue weighted by molar-refractivity contribution is -0.0104. The highest BCUT2D eigenvalue weighted by Crippen LogP contribution is 2.34. The molecule has 0 aromatic heterocycles. The van der Waals surface area contributed by atoms with E-state index in [-0.39, 0.29) is 29.5 Å². The van der Waals surface area contributed by atoms with Crippen molar-refractivity contribution >= 4 is 41.7 Å². The molecule has 3 aliphatic rings. The van der Waals surface area contributed by atoms with E-state index >= 15 is 0 Å². The molecule has 29 heavy (non-hydrogen) atoms. The summed E-state index contributed by atoms with van der Waals surface area (Å²) in [6, 6.07) is 0. The zero-order valence-corrected chi connectivity index (χ0v) is 21.3. The monoisotopic (exact) mass is 540 g/mol. The van der Waals surface area contributed by atoms with Crippen LogP contribution in [0.3, 0.4) is 0 Å². The second-order valence-electron chi connectivity index (χ2n) is 8.23. The Hall–Kier alpha value is 0.230. The zero-order chi connectivity index (χ0) is 19.5. The van der Waals surface area contributed by atoms with Crippen molar-refractivity contribution in [1.82, 2.24) is 15.5 Å². The van der Waals surface area contributed by atoms with Crippen molar-refractivity contribution in [3.63, 3.8) is 0 Å². The van der Waals surface area contributed by atoms with Gasteiger partial charge >= 0.3 is 0 Å². The summed E-state index contributed by atoms with van der Waals surface area (Å²) < 4.78 is 11.7. The number of thioether (sulfide) groups is 1. The van der Waals surface area contributed by atoms with Crippen LogP contribution >= 0.6 is 35.7 Å². The fraction of sp³-hybridized carbons (Fsp3) is 0.952. The summed E-state index contributed by atoms with van der Waals surface area (Å²) >= 11 is 2.07. The summed E-state index contributed by atoms with van der Waals surface area (Å²) in [5, 5.41) is 6.89. The smallest absolute Gasteiger partial charge is 0.191 e. The number of rotatable bonds is 8. The van der Waals surface area contributed by atoms with Crippen LogP contribution in [0, 0.1) is 0 Å². The zero-order valence-electron chi connectivity index (χ0n) is 18.1. The first-order chi connectivity index (χ1) is 13.8. The van der Waals surface area contributed by atoms with Gasteiger partial charge in [-0.3, -0.25) is 9.89 Å². The number of hydrogen-bond donors (Lipinski definition) is 2. The highest BCUT2D eigenvalue weighted by molar-refractivity contribution is 14.0. The summed E-state index contributed by atoms with van der Waals surface area (Å²) in [6.07, 6.45) is 9.54. The van der Waals surface area contributed by atoms with E-state index in [1.165, 1.54) is 56.5 Å². The lowest BCUT2D eigenvalue weighted by Crippen LogP contribution is -2.56. The average Bonchev–Trinajstić information content (AvgIpc) is 3.07. The molecule has 0 spiro atoms. The summed E-state index contributed by atoms with van der Waals surface area (Å²) in [5.74, 6) is 3.35. The standard InChI is InChI=1S/C21H40N4O2S.HI/c1-2-22-20(23-10-13-27-19-7-5-3-4-6-8-19)24-17-21(9-16-28-18-21)25-11-14-26-15-12-25;/h19H,2-18H2,1H3,(H2,22,23,24);1H. The third-order valence-electron chi connectivity index (χ3n) is 6.19. The van der Waals surface area contributed by atoms with Crippen molar-refractivity contribution in [3.05, 3.63) is 0 Å². The fourth-order valence-electron chi connectivity index (χ4n) is 4.48. The van der Waals surface area contributed by atoms with Gasteiger partial charge in [-0.25, -0.2) is 0 Å². The third-order valence-corrected chi connectivity index (χ3v) is 7.42. The Kier molecular flexibility index (Phi) is 12.6. The fourth-order valence-corrected chi connectivity index (χ4v) is 5.95. The maximum atomic E-state index is 6.11. The van der Waals surface area contributed by atoms with Crippen LogP contribution in [-0.4, -0.2) is 86.6 Å². The number of morpholine rings is 1. The lowest BCUT2D eigenvalue weighted by atomic mass is 9.96. The molecule has 6 nitrogen and oxygen atoms in total. The summed E-state index contributed by atoms with van der Waals surface area (Å²) in [7, 11) is 0. The summed E-state index contributed by atoms with van der Waals surface area (Å²) in [6.45, 7) is 9.24. The van der Waals surface area contributed by atoms with Gasteiger partial charge in [0, 0.05) is 31.9 Å². The summed E-state index contributed by atoms with van der Waals surface area (Å²) in [5.41, 5.74) is 0.202. The van der Waals surface area contributed by atoms with Crippen molar-refractivity contribution in [2.75, 3.05) is 64.1 Å². The molecule has 0 aromatic rings. The molecule has 3 rings (SSSR count). The molecule has 1 saturated carbocycles. The van der Waals surface area contributed by atoms with Crippen LogP contribution in [0.4, 0.5) is 0 Å². The Morgan fingerprint density at radius 3 is 2.59 bits per heavy atom. The first kappa shape index (κ1) is 25.5. The minimum atomic E-state index is 0. The SMILES string of the molecule is CCNC(=NCC1(N2CCOCC2)CCSC1)NCCOC1CCCCCC1.I. The van der Waals surface area contributed by atoms with Crippen LogP contribution in [-0.2, 0) is 9.47 Å². The predicted molar refractivity (Wildman–Crippen MR) is 134 cm³/mol. The Morgan fingerprint density at radius 2 is 1.93 bits per heavy atom. The number of ether oxygens (including phenoxy) is 2. The van der Waals surface area contributed by atoms with Crippen molar-refractivity contribution in [1.29, 1.82) is 0 Å². The van der Waals surface area contributed by atoms with E-state index in [2.05, 4.69) is 34.2 Å². The molecule has 0 amide bonds. The van der Waals surface area contributed by atoms with E-state index in [0.717, 1.165) is 58.5 Å². The molecule has 1 atom stereocenters. The molecule has 1 aliphatic carbocycles. The van der Waals surface area contributed by atoms with E-state index in [0.29, 0.717) is 6.10 Å². The van der Waals surface area contributed by atoms with E-state index < -0.39 is 0 Å². The number of guanidine groups is 1. The Labute approximate surface area is 198 Å². The predicted octanol–water partition coefficient (Wildman–Crippen LogP) is 3.11. The van der Waals surface area contributed by atoms with E-state index in [1.807, 2.05) is 0 Å². The molecular weight excluding hydrogens is 499 g/mol. The van der Waals surface area contributed by atoms with Gasteiger partial charge in [-0.15, -0.1) is 24.0 Å². The van der Waals surface area contributed by atoms with Gasteiger partial charge < -0.3 is 20.1 Å². The van der Waals surface area contributed by atoms with Gasteiger partial charge in [0.25, 0.3) is 0 Å². The Balaban J connectivity index is 0.00000300. The second-order valence-corrected chi connectivity index (χ2v) is 9.34. The molecule has 2 aliphatic heterocycles. The Morgan fingerprint density at radius 1 is 1.17 bits per heavy atom. The first-order valence-corrected chi connectivity index (χ1v) is 12.5. The lowest BCUT2D eigenvalue weighted by Gasteiger charge is -2.42. The molecule has 2 heterocycles. The molecule has 8 heteroatoms. The van der Waals surface area contributed by atoms with Crippen molar-refractivity contribution in [3.8, 4) is 0 Å². The highest BCUT2D eigenvalue weighted by Gasteiger charge is 2.40. The van der Waals surface area contributed by atoms with E-state index in [9.17, 15) is 0 Å². The maximum absolute atomic E-state index is 6.11. The van der Waals surface area contributed by atoms with Crippen LogP contribution in [0.1, 0.15) is 51.9 Å². The largest absolute Gasteiger partial charge is 0.379 e. The summed E-state index contributed by atoms with van der Waals surface area (Å²) in [4.78, 5) is 7.61. The van der Waals surface area contributed by atoms with Gasteiger partial charge in [0.05, 0.1) is 38.0 Å². The minimum absolute atomic E-state index is 0. The minimum Gasteiger partial charge on any atom is -0.379 e. The van der Waals surface area contributed by atoms with E-state index in [4.69, 9.17) is 14.5 Å². The van der Waals surface area contributed by atoms with Crippen LogP contribution in [0.25, 0.3) is 0 Å². The normalized spacial score (nSPS) is 27.3. The number of aliphatic imine (C=N–C) groups is 1. The first-order valence-electron chi connectivity index (χ1n) is 11.4. The quantitative estimate of drug-likeness (QED) is 0.162. The van der Waals surface area contributed by atoms with Crippen LogP contribution < -0.4 is 10.6 Å². The molecule has 170 valence electrons. The number of nitrogens with one attached hydrogen (secondary N) is 2. The van der Waals surface area contributed by atoms with E-state index in [1.54, 1.807) is 0 Å². The van der Waals surface area contributed by atoms with Gasteiger partial charge in [0.1, 0.15) is 0 Å². The maximum Gasteiger partial charge on any atom is 0.191 e. The van der Waals surface area contributed by atoms with Crippen molar-refractivity contribution < 1.29 is 9.47 Å². The molecule has 0 bridgehead atoms. The molecule has 2 N–H and O–H groups in total. The number of hydrogen-bond acceptors (Lipinski definition) is 5. The van der Waals surface area contributed by atoms with Gasteiger partial charge in [-0.05, 0) is 31.9 Å². The number of halogens is 1. The number of nitrogens with zero attached hydrogens (tertiary/aromatic N) is 2. The average molecular weight is 541 g/mol. The van der Waals surface area contributed by atoms with Crippen LogP contribution in [0.5, 0.6) is 0 Å². The van der Waals surface area contributed by atoms with Gasteiger partial charge in [0.2, 0.25) is 0 Å². The molecule has 2 saturated heterocycles. The van der Waals surface area contributed by atoms with Gasteiger partial charge in [-0.2, -0.15) is 11.8 Å². The van der Waals surface area contributed by atoms with Gasteiger partial charge in [-0.1, -0.05) is 25.7 Å². The molecular formula is C21H41IN4O2S. The van der Waals surface area contributed by atoms with Gasteiger partial charge in [0.15, 0.2) is 5.96 Å². The molecule has 0 aromatic carbocycles. The molecule has 3 fully saturated rings. The topological polar surface area (TPSA) is 58.1 Å². The van der Waals surface area contributed by atoms with Crippen molar-refractivity contribution in [2.24, 2.45) is 4.99 Å². The molecule has 0 radical (unpaired) electrons. The van der Waals surface area contributed by atoms with Crippen LogP contribution in [0.15, 0.2) is 4.99 Å². The third kappa shape index (κ3) is 8.35. The molecule has 1 unspecified atom stereocenters. The van der Waals surface area contributed by atoms with Crippen LogP contribution in [0.2, 0.25) is 0 Å². The Bertz CT molecular complexity index is 464. The van der Waals surface area contributed by atoms with Crippen molar-refractivity contribution in [2.45, 2.75) is 63.5 Å². The second kappa shape index (κ2) is 14.3. The highest BCUT2D eigenvalue weighted by atomic mass is 127.